The second-order valence-electron chi connectivity index (χ2n) is 7.61. The third-order valence-electron chi connectivity index (χ3n) is 5.41. The molecule has 1 atom stereocenters. The van der Waals surface area contributed by atoms with E-state index in [9.17, 15) is 9.59 Å². The third-order valence-corrected chi connectivity index (χ3v) is 6.42. The van der Waals surface area contributed by atoms with Crippen LogP contribution in [0.4, 0.5) is 16.0 Å². The van der Waals surface area contributed by atoms with E-state index in [0.29, 0.717) is 24.6 Å². The summed E-state index contributed by atoms with van der Waals surface area (Å²) in [4.78, 5) is 28.6. The molecule has 1 N–H and O–H groups in total. The van der Waals surface area contributed by atoms with E-state index in [1.54, 1.807) is 4.90 Å². The number of benzene rings is 1. The van der Waals surface area contributed by atoms with Crippen LogP contribution in [0.3, 0.4) is 0 Å². The Kier molecular flexibility index (Phi) is 5.30. The number of rotatable bonds is 4. The summed E-state index contributed by atoms with van der Waals surface area (Å²) >= 11 is 1.44. The molecular formula is C20H25N5O2S. The lowest BCUT2D eigenvalue weighted by atomic mass is 9.97. The molecule has 2 amide bonds. The van der Waals surface area contributed by atoms with Crippen LogP contribution in [0.25, 0.3) is 0 Å². The lowest BCUT2D eigenvalue weighted by Crippen LogP contribution is -2.40. The number of aromatic nitrogens is 2. The highest BCUT2D eigenvalue weighted by atomic mass is 32.1. The molecular weight excluding hydrogens is 374 g/mol. The summed E-state index contributed by atoms with van der Waals surface area (Å²) in [6, 6.07) is 6.05. The normalized spacial score (nSPS) is 19.9. The molecule has 0 spiro atoms. The van der Waals surface area contributed by atoms with Crippen LogP contribution < -0.4 is 15.1 Å². The maximum absolute atomic E-state index is 12.8. The number of hydrogen-bond acceptors (Lipinski definition) is 6. The van der Waals surface area contributed by atoms with Crippen molar-refractivity contribution < 1.29 is 9.59 Å². The monoisotopic (exact) mass is 399 g/mol. The van der Waals surface area contributed by atoms with Crippen molar-refractivity contribution in [2.24, 2.45) is 5.92 Å². The van der Waals surface area contributed by atoms with Crippen molar-refractivity contribution in [3.05, 3.63) is 29.3 Å². The van der Waals surface area contributed by atoms with Gasteiger partial charge in [0.05, 0.1) is 5.92 Å². The first kappa shape index (κ1) is 18.9. The fourth-order valence-electron chi connectivity index (χ4n) is 3.85. The van der Waals surface area contributed by atoms with Crippen molar-refractivity contribution in [1.29, 1.82) is 0 Å². The summed E-state index contributed by atoms with van der Waals surface area (Å²) in [5.41, 5.74) is 3.13. The topological polar surface area (TPSA) is 78.4 Å². The summed E-state index contributed by atoms with van der Waals surface area (Å²) in [5, 5.41) is 13.0. The highest BCUT2D eigenvalue weighted by Gasteiger charge is 2.30. The number of carbonyl (C=O) groups excluding carboxylic acids is 2. The van der Waals surface area contributed by atoms with Crippen molar-refractivity contribution in [2.75, 3.05) is 34.8 Å². The van der Waals surface area contributed by atoms with Gasteiger partial charge in [0, 0.05) is 31.7 Å². The Labute approximate surface area is 168 Å². The van der Waals surface area contributed by atoms with E-state index in [4.69, 9.17) is 0 Å². The Morgan fingerprint density at radius 3 is 2.75 bits per heavy atom. The first-order valence-corrected chi connectivity index (χ1v) is 10.6. The standard InChI is InChI=1S/C20H25N5O2S/c1-13-7-8-16(14(2)11-13)21-18(27)15-5-3-9-24(12-15)19-22-23-20(28-19)25-10-4-6-17(25)26/h7-8,11,15H,3-6,9-10,12H2,1-2H3,(H,21,27). The van der Waals surface area contributed by atoms with Crippen LogP contribution in [0.1, 0.15) is 36.8 Å². The first-order chi connectivity index (χ1) is 13.5. The second-order valence-corrected chi connectivity index (χ2v) is 8.54. The van der Waals surface area contributed by atoms with Crippen LogP contribution in [-0.2, 0) is 9.59 Å². The highest BCUT2D eigenvalue weighted by molar-refractivity contribution is 7.19. The SMILES string of the molecule is Cc1ccc(NC(=O)C2CCCN(c3nnc(N4CCCC4=O)s3)C2)c(C)c1. The Morgan fingerprint density at radius 1 is 1.18 bits per heavy atom. The molecule has 0 aliphatic carbocycles. The van der Waals surface area contributed by atoms with E-state index in [1.165, 1.54) is 16.9 Å². The highest BCUT2D eigenvalue weighted by Crippen LogP contribution is 2.32. The van der Waals surface area contributed by atoms with E-state index in [1.807, 2.05) is 26.0 Å². The molecule has 1 aromatic carbocycles. The van der Waals surface area contributed by atoms with Gasteiger partial charge in [0.2, 0.25) is 22.1 Å². The molecule has 2 fully saturated rings. The molecule has 0 saturated carbocycles. The fourth-order valence-corrected chi connectivity index (χ4v) is 4.77. The van der Waals surface area contributed by atoms with Gasteiger partial charge in [-0.1, -0.05) is 29.0 Å². The zero-order valence-corrected chi connectivity index (χ0v) is 17.1. The van der Waals surface area contributed by atoms with Gasteiger partial charge in [0.1, 0.15) is 0 Å². The van der Waals surface area contributed by atoms with E-state index < -0.39 is 0 Å². The van der Waals surface area contributed by atoms with Crippen LogP contribution >= 0.6 is 11.3 Å². The second kappa shape index (κ2) is 7.87. The van der Waals surface area contributed by atoms with Crippen molar-refractivity contribution >= 4 is 39.1 Å². The predicted molar refractivity (Wildman–Crippen MR) is 111 cm³/mol. The van der Waals surface area contributed by atoms with E-state index >= 15 is 0 Å². The molecule has 2 aliphatic rings. The van der Waals surface area contributed by atoms with Crippen LogP contribution in [-0.4, -0.2) is 41.6 Å². The zero-order valence-electron chi connectivity index (χ0n) is 16.3. The summed E-state index contributed by atoms with van der Waals surface area (Å²) in [7, 11) is 0. The molecule has 1 aromatic heterocycles. The van der Waals surface area contributed by atoms with Crippen LogP contribution in [0.15, 0.2) is 18.2 Å². The molecule has 28 heavy (non-hydrogen) atoms. The molecule has 1 unspecified atom stereocenters. The number of nitrogens with one attached hydrogen (secondary N) is 1. The summed E-state index contributed by atoms with van der Waals surface area (Å²) in [5.74, 6) is 0.0819. The van der Waals surface area contributed by atoms with Crippen molar-refractivity contribution in [2.45, 2.75) is 39.5 Å². The van der Waals surface area contributed by atoms with Crippen molar-refractivity contribution in [3.63, 3.8) is 0 Å². The average molecular weight is 400 g/mol. The maximum atomic E-state index is 12.8. The molecule has 148 valence electrons. The van der Waals surface area contributed by atoms with Crippen molar-refractivity contribution in [3.8, 4) is 0 Å². The van der Waals surface area contributed by atoms with Gasteiger partial charge in [-0.3, -0.25) is 14.5 Å². The zero-order chi connectivity index (χ0) is 19.7. The first-order valence-electron chi connectivity index (χ1n) is 9.78. The fraction of sp³-hybridized carbons (Fsp3) is 0.500. The molecule has 3 heterocycles. The maximum Gasteiger partial charge on any atom is 0.229 e. The minimum Gasteiger partial charge on any atom is -0.346 e. The molecule has 8 heteroatoms. The molecule has 4 rings (SSSR count). The smallest absolute Gasteiger partial charge is 0.229 e. The lowest BCUT2D eigenvalue weighted by molar-refractivity contribution is -0.120. The van der Waals surface area contributed by atoms with Gasteiger partial charge >= 0.3 is 0 Å². The van der Waals surface area contributed by atoms with Gasteiger partial charge in [-0.25, -0.2) is 0 Å². The molecule has 2 aromatic rings. The summed E-state index contributed by atoms with van der Waals surface area (Å²) in [6.07, 6.45) is 3.25. The van der Waals surface area contributed by atoms with Gasteiger partial charge in [-0.05, 0) is 44.7 Å². The predicted octanol–water partition coefficient (Wildman–Crippen LogP) is 3.14. The van der Waals surface area contributed by atoms with E-state index in [0.717, 1.165) is 42.2 Å². The van der Waals surface area contributed by atoms with Crippen LogP contribution in [0.5, 0.6) is 0 Å². The van der Waals surface area contributed by atoms with Crippen molar-refractivity contribution in [1.82, 2.24) is 10.2 Å². The molecule has 2 saturated heterocycles. The third kappa shape index (κ3) is 3.87. The van der Waals surface area contributed by atoms with Gasteiger partial charge in [0.15, 0.2) is 0 Å². The van der Waals surface area contributed by atoms with Crippen LogP contribution in [0.2, 0.25) is 0 Å². The van der Waals surface area contributed by atoms with Crippen LogP contribution in [0, 0.1) is 19.8 Å². The molecule has 0 bridgehead atoms. The van der Waals surface area contributed by atoms with Gasteiger partial charge in [-0.15, -0.1) is 10.2 Å². The quantitative estimate of drug-likeness (QED) is 0.855. The average Bonchev–Trinajstić information content (AvgIpc) is 3.33. The number of aryl methyl sites for hydroxylation is 2. The van der Waals surface area contributed by atoms with E-state index in [-0.39, 0.29) is 17.7 Å². The Bertz CT molecular complexity index is 896. The van der Waals surface area contributed by atoms with Gasteiger partial charge in [0.25, 0.3) is 0 Å². The summed E-state index contributed by atoms with van der Waals surface area (Å²) < 4.78 is 0. The largest absolute Gasteiger partial charge is 0.346 e. The summed E-state index contributed by atoms with van der Waals surface area (Å²) in [6.45, 7) is 6.26. The Hall–Kier alpha value is -2.48. The minimum atomic E-state index is -0.0878. The minimum absolute atomic E-state index is 0.0520. The number of carbonyl (C=O) groups is 2. The molecule has 2 aliphatic heterocycles. The lowest BCUT2D eigenvalue weighted by Gasteiger charge is -2.31. The number of nitrogens with zero attached hydrogens (tertiary/aromatic N) is 4. The Balaban J connectivity index is 1.42. The number of anilines is 3. The van der Waals surface area contributed by atoms with E-state index in [2.05, 4.69) is 26.5 Å². The number of piperidine rings is 1. The Morgan fingerprint density at radius 2 is 2.00 bits per heavy atom. The van der Waals surface area contributed by atoms with Gasteiger partial charge in [-0.2, -0.15) is 0 Å². The molecule has 0 radical (unpaired) electrons. The number of amides is 2. The number of hydrogen-bond donors (Lipinski definition) is 1. The van der Waals surface area contributed by atoms with Gasteiger partial charge < -0.3 is 10.2 Å². The molecule has 7 nitrogen and oxygen atoms in total.